The largest absolute Gasteiger partial charge is 0.493 e. The summed E-state index contributed by atoms with van der Waals surface area (Å²) in [4.78, 5) is 34.8. The van der Waals surface area contributed by atoms with Gasteiger partial charge in [0.25, 0.3) is 5.91 Å². The van der Waals surface area contributed by atoms with Crippen LogP contribution in [0.2, 0.25) is 5.02 Å². The first kappa shape index (κ1) is 21.6. The van der Waals surface area contributed by atoms with Crippen molar-refractivity contribution in [2.24, 2.45) is 0 Å². The van der Waals surface area contributed by atoms with Gasteiger partial charge in [-0.15, -0.1) is 0 Å². The van der Waals surface area contributed by atoms with E-state index >= 15 is 0 Å². The summed E-state index contributed by atoms with van der Waals surface area (Å²) in [7, 11) is 1.42. The number of halogens is 1. The first-order valence-electron chi connectivity index (χ1n) is 8.18. The fourth-order valence-electron chi connectivity index (χ4n) is 1.88. The van der Waals surface area contributed by atoms with E-state index < -0.39 is 24.5 Å². The highest BCUT2D eigenvalue weighted by Crippen LogP contribution is 2.36. The molecule has 0 saturated heterocycles. The molecule has 0 spiro atoms. The maximum Gasteiger partial charge on any atom is 0.338 e. The lowest BCUT2D eigenvalue weighted by molar-refractivity contribution is -0.123. The van der Waals surface area contributed by atoms with Gasteiger partial charge in [-0.2, -0.15) is 0 Å². The number of hydrogen-bond acceptors (Lipinski definition) is 6. The van der Waals surface area contributed by atoms with Crippen LogP contribution in [0.3, 0.4) is 0 Å². The summed E-state index contributed by atoms with van der Waals surface area (Å²) in [5.74, 6) is -0.904. The van der Waals surface area contributed by atoms with Gasteiger partial charge in [0.05, 0.1) is 24.3 Å². The van der Waals surface area contributed by atoms with Gasteiger partial charge in [-0.1, -0.05) is 24.9 Å². The van der Waals surface area contributed by atoms with Crippen molar-refractivity contribution in [3.8, 4) is 11.5 Å². The quantitative estimate of drug-likeness (QED) is 0.499. The monoisotopic (exact) mass is 386 g/mol. The summed E-state index contributed by atoms with van der Waals surface area (Å²) in [6, 6.07) is 2.12. The summed E-state index contributed by atoms with van der Waals surface area (Å²) < 4.78 is 15.7. The summed E-state index contributed by atoms with van der Waals surface area (Å²) in [6.07, 6.45) is 1.81. The Balaban J connectivity index is 2.72. The van der Waals surface area contributed by atoms with Crippen LogP contribution in [0.1, 0.15) is 37.0 Å². The number of carbonyl (C=O) groups excluding carboxylic acids is 3. The zero-order valence-corrected chi connectivity index (χ0v) is 15.8. The topological polar surface area (TPSA) is 103 Å². The third-order valence-corrected chi connectivity index (χ3v) is 3.41. The molecule has 3 amide bonds. The van der Waals surface area contributed by atoms with Crippen molar-refractivity contribution < 1.29 is 28.6 Å². The maximum absolute atomic E-state index is 12.1. The SMILES string of the molecule is CCCCOc1c(Cl)cc(C(=O)OCC(=O)NC(=O)NCC)cc1OC. The van der Waals surface area contributed by atoms with Crippen molar-refractivity contribution in [1.82, 2.24) is 10.6 Å². The Bertz CT molecular complexity index is 650. The average molecular weight is 387 g/mol. The van der Waals surface area contributed by atoms with Crippen molar-refractivity contribution in [1.29, 1.82) is 0 Å². The smallest absolute Gasteiger partial charge is 0.338 e. The number of urea groups is 1. The number of imide groups is 1. The number of esters is 1. The number of ether oxygens (including phenoxy) is 3. The van der Waals surface area contributed by atoms with Gasteiger partial charge >= 0.3 is 12.0 Å². The van der Waals surface area contributed by atoms with E-state index in [1.165, 1.54) is 19.2 Å². The highest BCUT2D eigenvalue weighted by molar-refractivity contribution is 6.32. The number of nitrogens with one attached hydrogen (secondary N) is 2. The zero-order chi connectivity index (χ0) is 19.5. The molecule has 8 nitrogen and oxygen atoms in total. The van der Waals surface area contributed by atoms with E-state index in [1.54, 1.807) is 6.92 Å². The van der Waals surface area contributed by atoms with Gasteiger partial charge < -0.3 is 19.5 Å². The zero-order valence-electron chi connectivity index (χ0n) is 15.0. The number of benzene rings is 1. The normalized spacial score (nSPS) is 10.0. The lowest BCUT2D eigenvalue weighted by atomic mass is 10.2. The summed E-state index contributed by atoms with van der Waals surface area (Å²) in [6.45, 7) is 3.96. The third-order valence-electron chi connectivity index (χ3n) is 3.13. The summed E-state index contributed by atoms with van der Waals surface area (Å²) in [5.41, 5.74) is 0.0977. The van der Waals surface area contributed by atoms with Crippen LogP contribution in [0.15, 0.2) is 12.1 Å². The molecule has 0 fully saturated rings. The van der Waals surface area contributed by atoms with Crippen LogP contribution in [-0.2, 0) is 9.53 Å². The molecule has 1 rings (SSSR count). The molecule has 9 heteroatoms. The summed E-state index contributed by atoms with van der Waals surface area (Å²) >= 11 is 6.16. The van der Waals surface area contributed by atoms with E-state index in [4.69, 9.17) is 25.8 Å². The second-order valence-corrected chi connectivity index (χ2v) is 5.58. The molecule has 0 radical (unpaired) electrons. The number of amides is 3. The van der Waals surface area contributed by atoms with Crippen molar-refractivity contribution in [2.45, 2.75) is 26.7 Å². The van der Waals surface area contributed by atoms with Crippen LogP contribution in [0, 0.1) is 0 Å². The Labute approximate surface area is 157 Å². The molecule has 1 aromatic rings. The van der Waals surface area contributed by atoms with Gasteiger partial charge in [0.2, 0.25) is 0 Å². The Hall–Kier alpha value is -2.48. The van der Waals surface area contributed by atoms with E-state index in [2.05, 4.69) is 5.32 Å². The highest BCUT2D eigenvalue weighted by Gasteiger charge is 2.18. The molecule has 0 unspecified atom stereocenters. The van der Waals surface area contributed by atoms with Crippen LogP contribution in [0.4, 0.5) is 4.79 Å². The Morgan fingerprint density at radius 1 is 1.19 bits per heavy atom. The molecule has 0 saturated carbocycles. The molecule has 2 N–H and O–H groups in total. The predicted molar refractivity (Wildman–Crippen MR) is 95.9 cm³/mol. The Morgan fingerprint density at radius 3 is 2.54 bits per heavy atom. The highest BCUT2D eigenvalue weighted by atomic mass is 35.5. The summed E-state index contributed by atoms with van der Waals surface area (Å²) in [5, 5.41) is 4.60. The van der Waals surface area contributed by atoms with Crippen LogP contribution in [0.5, 0.6) is 11.5 Å². The van der Waals surface area contributed by atoms with Crippen LogP contribution < -0.4 is 20.1 Å². The molecule has 0 aliphatic heterocycles. The second kappa shape index (κ2) is 11.2. The molecule has 0 aliphatic carbocycles. The lowest BCUT2D eigenvalue weighted by Gasteiger charge is -2.13. The number of rotatable bonds is 9. The minimum Gasteiger partial charge on any atom is -0.493 e. The molecule has 0 atom stereocenters. The molecule has 0 aromatic heterocycles. The van der Waals surface area contributed by atoms with Gasteiger partial charge in [0, 0.05) is 6.54 Å². The van der Waals surface area contributed by atoms with Crippen LogP contribution >= 0.6 is 11.6 Å². The lowest BCUT2D eigenvalue weighted by Crippen LogP contribution is -2.41. The molecule has 0 heterocycles. The number of carbonyl (C=O) groups is 3. The molecular weight excluding hydrogens is 364 g/mol. The predicted octanol–water partition coefficient (Wildman–Crippen LogP) is 2.53. The number of methoxy groups -OCH3 is 1. The van der Waals surface area contributed by atoms with Gasteiger partial charge in [-0.05, 0) is 25.5 Å². The van der Waals surface area contributed by atoms with E-state index in [-0.39, 0.29) is 16.3 Å². The molecule has 26 heavy (non-hydrogen) atoms. The molecule has 0 bridgehead atoms. The van der Waals surface area contributed by atoms with Crippen molar-refractivity contribution >= 4 is 29.5 Å². The van der Waals surface area contributed by atoms with E-state index in [0.29, 0.717) is 18.9 Å². The minimum absolute atomic E-state index is 0.0977. The second-order valence-electron chi connectivity index (χ2n) is 5.18. The molecule has 144 valence electrons. The van der Waals surface area contributed by atoms with Gasteiger partial charge in [0.1, 0.15) is 0 Å². The first-order valence-corrected chi connectivity index (χ1v) is 8.55. The minimum atomic E-state index is -0.781. The number of unbranched alkanes of at least 4 members (excludes halogenated alkanes) is 1. The fourth-order valence-corrected chi connectivity index (χ4v) is 2.14. The van der Waals surface area contributed by atoms with E-state index in [9.17, 15) is 14.4 Å². The van der Waals surface area contributed by atoms with Crippen molar-refractivity contribution in [2.75, 3.05) is 26.9 Å². The average Bonchev–Trinajstić information content (AvgIpc) is 2.60. The van der Waals surface area contributed by atoms with E-state index in [1.807, 2.05) is 12.2 Å². The Kier molecular flexibility index (Phi) is 9.29. The van der Waals surface area contributed by atoms with Gasteiger partial charge in [-0.25, -0.2) is 9.59 Å². The number of hydrogen-bond donors (Lipinski definition) is 2. The third kappa shape index (κ3) is 6.79. The van der Waals surface area contributed by atoms with Crippen LogP contribution in [-0.4, -0.2) is 44.8 Å². The van der Waals surface area contributed by atoms with Crippen molar-refractivity contribution in [3.05, 3.63) is 22.7 Å². The maximum atomic E-state index is 12.1. The first-order chi connectivity index (χ1) is 12.4. The standard InChI is InChI=1S/C17H23ClN2O6/c1-4-6-7-25-15-12(18)8-11(9-13(15)24-3)16(22)26-10-14(21)20-17(23)19-5-2/h8-9H,4-7,10H2,1-3H3,(H2,19,20,21,23). The van der Waals surface area contributed by atoms with E-state index in [0.717, 1.165) is 12.8 Å². The fraction of sp³-hybridized carbons (Fsp3) is 0.471. The molecule has 0 aliphatic rings. The van der Waals surface area contributed by atoms with Crippen molar-refractivity contribution in [3.63, 3.8) is 0 Å². The van der Waals surface area contributed by atoms with Crippen LogP contribution in [0.25, 0.3) is 0 Å². The molecular formula is C17H23ClN2O6. The molecule has 1 aromatic carbocycles. The van der Waals surface area contributed by atoms with Gasteiger partial charge in [-0.3, -0.25) is 10.1 Å². The van der Waals surface area contributed by atoms with Gasteiger partial charge in [0.15, 0.2) is 18.1 Å². The Morgan fingerprint density at radius 2 is 1.92 bits per heavy atom.